The number of halogens is 2. The van der Waals surface area contributed by atoms with Gasteiger partial charge in [-0.15, -0.1) is 0 Å². The fourth-order valence-electron chi connectivity index (χ4n) is 4.59. The van der Waals surface area contributed by atoms with Gasteiger partial charge in [0.1, 0.15) is 37.2 Å². The van der Waals surface area contributed by atoms with Gasteiger partial charge in [0, 0.05) is 62.6 Å². The zero-order valence-electron chi connectivity index (χ0n) is 24.0. The highest BCUT2D eigenvalue weighted by Gasteiger charge is 2.27. The van der Waals surface area contributed by atoms with Crippen molar-refractivity contribution in [2.24, 2.45) is 9.98 Å². The second-order valence-electron chi connectivity index (χ2n) is 9.80. The van der Waals surface area contributed by atoms with Crippen molar-refractivity contribution in [3.63, 3.8) is 0 Å². The number of carbonyl (C=O) groups is 4. The van der Waals surface area contributed by atoms with Gasteiger partial charge in [0.05, 0.1) is 39.3 Å². The molecule has 2 saturated heterocycles. The monoisotopic (exact) mass is 596 g/mol. The highest BCUT2D eigenvalue weighted by atomic mass is 19.1. The molecule has 0 bridgehead atoms. The van der Waals surface area contributed by atoms with Gasteiger partial charge in [0.25, 0.3) is 0 Å². The molecule has 0 aromatic heterocycles. The highest BCUT2D eigenvalue weighted by Crippen LogP contribution is 2.20. The summed E-state index contributed by atoms with van der Waals surface area (Å²) in [5, 5.41) is 0. The van der Waals surface area contributed by atoms with Crippen LogP contribution in [-0.2, 0) is 38.1 Å². The molecule has 0 radical (unpaired) electrons. The quantitative estimate of drug-likeness (QED) is 0.343. The van der Waals surface area contributed by atoms with Crippen LogP contribution in [0.3, 0.4) is 0 Å². The van der Waals surface area contributed by atoms with Gasteiger partial charge < -0.3 is 28.7 Å². The van der Waals surface area contributed by atoms with E-state index in [4.69, 9.17) is 18.9 Å². The molecule has 0 aromatic carbocycles. The third-order valence-corrected chi connectivity index (χ3v) is 6.46. The van der Waals surface area contributed by atoms with Gasteiger partial charge in [-0.3, -0.25) is 19.2 Å². The lowest BCUT2D eigenvalue weighted by Crippen LogP contribution is -2.43. The highest BCUT2D eigenvalue weighted by molar-refractivity contribution is 6.14. The van der Waals surface area contributed by atoms with Crippen molar-refractivity contribution in [1.82, 2.24) is 9.80 Å². The lowest BCUT2D eigenvalue weighted by atomic mass is 10.1. The summed E-state index contributed by atoms with van der Waals surface area (Å²) in [6.07, 6.45) is 2.14. The first-order valence-electron chi connectivity index (χ1n) is 14.0. The molecule has 232 valence electrons. The van der Waals surface area contributed by atoms with Crippen LogP contribution in [0, 0.1) is 0 Å². The molecule has 14 heteroatoms. The Hall–Kier alpha value is -3.52. The van der Waals surface area contributed by atoms with Crippen molar-refractivity contribution in [3.8, 4) is 0 Å². The van der Waals surface area contributed by atoms with Crippen LogP contribution < -0.4 is 0 Å². The summed E-state index contributed by atoms with van der Waals surface area (Å²) >= 11 is 0. The number of alkyl halides is 2. The van der Waals surface area contributed by atoms with Crippen molar-refractivity contribution in [2.45, 2.75) is 51.7 Å². The van der Waals surface area contributed by atoms with Crippen molar-refractivity contribution in [3.05, 3.63) is 23.8 Å². The predicted octanol–water partition coefficient (Wildman–Crippen LogP) is 1.73. The largest absolute Gasteiger partial charge is 0.466 e. The average molecular weight is 597 g/mol. The molecule has 0 spiro atoms. The van der Waals surface area contributed by atoms with Gasteiger partial charge in [0.15, 0.2) is 11.6 Å². The Morgan fingerprint density at radius 2 is 1.21 bits per heavy atom. The normalized spacial score (nSPS) is 22.7. The molecule has 4 aliphatic heterocycles. The first-order valence-corrected chi connectivity index (χ1v) is 14.0. The molecule has 0 amide bonds. The van der Waals surface area contributed by atoms with Crippen LogP contribution in [0.1, 0.15) is 39.5 Å². The summed E-state index contributed by atoms with van der Waals surface area (Å²) < 4.78 is 45.6. The number of ketones is 2. The van der Waals surface area contributed by atoms with Crippen LogP contribution >= 0.6 is 0 Å². The number of rotatable bonds is 10. The molecule has 4 heterocycles. The lowest BCUT2D eigenvalue weighted by molar-refractivity contribution is -0.142. The second-order valence-corrected chi connectivity index (χ2v) is 9.80. The fraction of sp³-hybridized carbons (Fsp3) is 0.643. The Bertz CT molecular complexity index is 1040. The van der Waals surface area contributed by atoms with E-state index in [0.29, 0.717) is 75.7 Å². The van der Waals surface area contributed by atoms with Crippen molar-refractivity contribution < 1.29 is 46.9 Å². The number of carbonyl (C=O) groups excluding carboxylic acids is 4. The van der Waals surface area contributed by atoms with Crippen LogP contribution in [0.2, 0.25) is 0 Å². The Balaban J connectivity index is 0.000000230. The molecule has 0 aromatic rings. The molecular weight excluding hydrogens is 558 g/mol. The number of esters is 2. The molecule has 2 fully saturated rings. The number of aliphatic imine (C=N–C) groups is 2. The zero-order chi connectivity index (χ0) is 30.5. The maximum atomic E-state index is 12.7. The van der Waals surface area contributed by atoms with Crippen molar-refractivity contribution >= 4 is 34.9 Å². The van der Waals surface area contributed by atoms with Gasteiger partial charge in [-0.1, -0.05) is 0 Å². The predicted molar refractivity (Wildman–Crippen MR) is 147 cm³/mol. The van der Waals surface area contributed by atoms with E-state index in [1.807, 2.05) is 9.80 Å². The number of hydrogen-bond acceptors (Lipinski definition) is 12. The van der Waals surface area contributed by atoms with Crippen molar-refractivity contribution in [1.29, 1.82) is 0 Å². The fourth-order valence-corrected chi connectivity index (χ4v) is 4.59. The van der Waals surface area contributed by atoms with Crippen LogP contribution in [0.25, 0.3) is 0 Å². The second kappa shape index (κ2) is 16.8. The minimum atomic E-state index is -0.572. The van der Waals surface area contributed by atoms with E-state index in [1.165, 1.54) is 12.2 Å². The molecule has 4 rings (SSSR count). The molecule has 42 heavy (non-hydrogen) atoms. The van der Waals surface area contributed by atoms with Gasteiger partial charge in [-0.2, -0.15) is 0 Å². The van der Waals surface area contributed by atoms with E-state index in [1.54, 1.807) is 13.8 Å². The number of allylic oxidation sites excluding steroid dienone is 2. The Morgan fingerprint density at radius 1 is 0.810 bits per heavy atom. The van der Waals surface area contributed by atoms with Crippen LogP contribution in [-0.4, -0.2) is 123 Å². The SMILES string of the molecule is CCOC(=O)CC1=NC(N2CCOC(CF)C2)=CC(=O)C1.CCOC(=O)CC1=NC(N2CCOC(CF)C2)=CC(=O)C1. The number of hydrogen-bond donors (Lipinski definition) is 0. The summed E-state index contributed by atoms with van der Waals surface area (Å²) in [4.78, 5) is 58.8. The maximum absolute atomic E-state index is 12.7. The van der Waals surface area contributed by atoms with E-state index in [9.17, 15) is 28.0 Å². The van der Waals surface area contributed by atoms with Crippen molar-refractivity contribution in [2.75, 3.05) is 66.0 Å². The molecule has 0 saturated carbocycles. The van der Waals surface area contributed by atoms with Crippen LogP contribution in [0.5, 0.6) is 0 Å². The van der Waals surface area contributed by atoms with Gasteiger partial charge in [-0.05, 0) is 13.8 Å². The third kappa shape index (κ3) is 10.4. The summed E-state index contributed by atoms with van der Waals surface area (Å²) in [5.74, 6) is -0.0485. The van der Waals surface area contributed by atoms with Gasteiger partial charge in [-0.25, -0.2) is 18.8 Å². The number of morpholine rings is 2. The Kier molecular flexibility index (Phi) is 13.2. The number of nitrogens with zero attached hydrogens (tertiary/aromatic N) is 4. The lowest BCUT2D eigenvalue weighted by Gasteiger charge is -2.34. The molecule has 12 nitrogen and oxygen atoms in total. The maximum Gasteiger partial charge on any atom is 0.311 e. The summed E-state index contributed by atoms with van der Waals surface area (Å²) in [6.45, 7) is 5.48. The van der Waals surface area contributed by atoms with Crippen LogP contribution in [0.4, 0.5) is 8.78 Å². The minimum absolute atomic E-state index is 0.00774. The molecule has 2 atom stereocenters. The van der Waals surface area contributed by atoms with E-state index >= 15 is 0 Å². The van der Waals surface area contributed by atoms with E-state index in [2.05, 4.69) is 9.98 Å². The smallest absolute Gasteiger partial charge is 0.311 e. The number of ether oxygens (including phenoxy) is 4. The molecule has 2 unspecified atom stereocenters. The Morgan fingerprint density at radius 3 is 1.57 bits per heavy atom. The minimum Gasteiger partial charge on any atom is -0.466 e. The molecule has 0 aliphatic carbocycles. The standard InChI is InChI=1S/2C14H19FN2O4/c2*1-2-20-14(19)6-10-5-11(18)7-13(16-10)17-3-4-21-12(8-15)9-17/h2*7,12H,2-6,8-9H2,1H3. The third-order valence-electron chi connectivity index (χ3n) is 6.46. The zero-order valence-corrected chi connectivity index (χ0v) is 24.0. The van der Waals surface area contributed by atoms with Gasteiger partial charge >= 0.3 is 11.9 Å². The molecule has 4 aliphatic rings. The van der Waals surface area contributed by atoms with E-state index in [0.717, 1.165) is 0 Å². The molecule has 0 N–H and O–H groups in total. The first-order chi connectivity index (χ1) is 20.2. The topological polar surface area (TPSA) is 136 Å². The van der Waals surface area contributed by atoms with E-state index < -0.39 is 37.5 Å². The summed E-state index contributed by atoms with van der Waals surface area (Å²) in [5.41, 5.74) is 0.971. The molecular formula is C28H38F2N4O8. The summed E-state index contributed by atoms with van der Waals surface area (Å²) in [6, 6.07) is 0. The van der Waals surface area contributed by atoms with Gasteiger partial charge in [0.2, 0.25) is 0 Å². The average Bonchev–Trinajstić information content (AvgIpc) is 2.97. The summed E-state index contributed by atoms with van der Waals surface area (Å²) in [7, 11) is 0. The van der Waals surface area contributed by atoms with Crippen LogP contribution in [0.15, 0.2) is 33.8 Å². The van der Waals surface area contributed by atoms with E-state index in [-0.39, 0.29) is 37.2 Å². The Labute approximate surface area is 243 Å². The first kappa shape index (κ1) is 33.0.